The Bertz CT molecular complexity index is 570. The van der Waals surface area contributed by atoms with Gasteiger partial charge in [-0.3, -0.25) is 0 Å². The average molecular weight is 273 g/mol. The van der Waals surface area contributed by atoms with Crippen LogP contribution in [0, 0.1) is 17.5 Å². The number of hydrogen-bond acceptors (Lipinski definition) is 3. The van der Waals surface area contributed by atoms with Crippen LogP contribution in [-0.4, -0.2) is 7.11 Å². The largest absolute Gasteiger partial charge is 0.496 e. The minimum atomic E-state index is -1.51. The van der Waals surface area contributed by atoms with Crippen LogP contribution >= 0.6 is 11.3 Å². The lowest BCUT2D eigenvalue weighted by atomic mass is 10.1. The van der Waals surface area contributed by atoms with Crippen molar-refractivity contribution in [3.8, 4) is 5.75 Å². The van der Waals surface area contributed by atoms with Gasteiger partial charge in [0.25, 0.3) is 0 Å². The van der Waals surface area contributed by atoms with Crippen LogP contribution in [0.4, 0.5) is 13.2 Å². The number of benzene rings is 1. The number of halogens is 3. The van der Waals surface area contributed by atoms with Gasteiger partial charge < -0.3 is 10.5 Å². The van der Waals surface area contributed by atoms with Crippen molar-refractivity contribution in [1.82, 2.24) is 0 Å². The maximum atomic E-state index is 13.6. The molecule has 0 amide bonds. The maximum Gasteiger partial charge on any atom is 0.194 e. The van der Waals surface area contributed by atoms with Crippen molar-refractivity contribution >= 4 is 11.3 Å². The highest BCUT2D eigenvalue weighted by Gasteiger charge is 2.20. The molecule has 96 valence electrons. The van der Waals surface area contributed by atoms with Crippen molar-refractivity contribution in [3.05, 3.63) is 51.5 Å². The highest BCUT2D eigenvalue weighted by molar-refractivity contribution is 7.10. The molecule has 0 saturated carbocycles. The summed E-state index contributed by atoms with van der Waals surface area (Å²) < 4.78 is 44.5. The van der Waals surface area contributed by atoms with Gasteiger partial charge in [0, 0.05) is 15.8 Å². The molecule has 6 heteroatoms. The van der Waals surface area contributed by atoms with E-state index in [1.807, 2.05) is 0 Å². The second-order valence-electron chi connectivity index (χ2n) is 3.63. The molecule has 1 heterocycles. The van der Waals surface area contributed by atoms with Crippen molar-refractivity contribution in [2.45, 2.75) is 6.04 Å². The van der Waals surface area contributed by atoms with Crippen LogP contribution < -0.4 is 10.5 Å². The van der Waals surface area contributed by atoms with Crippen LogP contribution in [-0.2, 0) is 0 Å². The summed E-state index contributed by atoms with van der Waals surface area (Å²) in [6.07, 6.45) is 0. The normalized spacial score (nSPS) is 12.5. The maximum absolute atomic E-state index is 13.6. The van der Waals surface area contributed by atoms with Gasteiger partial charge in [0.15, 0.2) is 17.5 Å². The first-order chi connectivity index (χ1) is 8.54. The lowest BCUT2D eigenvalue weighted by molar-refractivity contribution is 0.416. The van der Waals surface area contributed by atoms with E-state index in [1.165, 1.54) is 18.4 Å². The van der Waals surface area contributed by atoms with E-state index >= 15 is 0 Å². The molecule has 0 aliphatic carbocycles. The van der Waals surface area contributed by atoms with Gasteiger partial charge in [-0.05, 0) is 12.1 Å². The van der Waals surface area contributed by atoms with E-state index in [-0.39, 0.29) is 5.56 Å². The highest BCUT2D eigenvalue weighted by atomic mass is 32.1. The Morgan fingerprint density at radius 1 is 1.22 bits per heavy atom. The van der Waals surface area contributed by atoms with E-state index in [0.717, 1.165) is 12.1 Å². The van der Waals surface area contributed by atoms with E-state index in [1.54, 1.807) is 11.4 Å². The molecule has 0 spiro atoms. The van der Waals surface area contributed by atoms with Gasteiger partial charge in [-0.1, -0.05) is 6.07 Å². The van der Waals surface area contributed by atoms with Crippen molar-refractivity contribution in [1.29, 1.82) is 0 Å². The first kappa shape index (κ1) is 12.9. The molecule has 1 atom stereocenters. The smallest absolute Gasteiger partial charge is 0.194 e. The van der Waals surface area contributed by atoms with Crippen LogP contribution in [0.3, 0.4) is 0 Å². The number of rotatable bonds is 3. The standard InChI is InChI=1S/C12H10F3NOS/c1-17-6-4-9(18-5-6)12(16)7-2-3-8(13)11(15)10(7)14/h2-5,12H,16H2,1H3. The van der Waals surface area contributed by atoms with Gasteiger partial charge in [-0.15, -0.1) is 11.3 Å². The molecular weight excluding hydrogens is 263 g/mol. The minimum absolute atomic E-state index is 0.0848. The first-order valence-electron chi connectivity index (χ1n) is 5.06. The quantitative estimate of drug-likeness (QED) is 0.871. The van der Waals surface area contributed by atoms with E-state index in [4.69, 9.17) is 10.5 Å². The molecule has 0 aliphatic heterocycles. The summed E-state index contributed by atoms with van der Waals surface area (Å²) >= 11 is 1.26. The predicted octanol–water partition coefficient (Wildman–Crippen LogP) is 3.22. The van der Waals surface area contributed by atoms with Gasteiger partial charge in [-0.2, -0.15) is 0 Å². The van der Waals surface area contributed by atoms with Gasteiger partial charge in [0.05, 0.1) is 13.2 Å². The first-order valence-corrected chi connectivity index (χ1v) is 5.94. The zero-order valence-electron chi connectivity index (χ0n) is 9.41. The van der Waals surface area contributed by atoms with Crippen LogP contribution in [0.25, 0.3) is 0 Å². The van der Waals surface area contributed by atoms with Crippen molar-refractivity contribution in [3.63, 3.8) is 0 Å². The fourth-order valence-corrected chi connectivity index (χ4v) is 2.41. The molecule has 2 aromatic rings. The second kappa shape index (κ2) is 4.99. The van der Waals surface area contributed by atoms with Crippen LogP contribution in [0.1, 0.15) is 16.5 Å². The van der Waals surface area contributed by atoms with Crippen LogP contribution in [0.15, 0.2) is 23.6 Å². The molecule has 2 nitrogen and oxygen atoms in total. The Balaban J connectivity index is 2.39. The van der Waals surface area contributed by atoms with E-state index in [2.05, 4.69) is 0 Å². The number of hydrogen-bond donors (Lipinski definition) is 1. The molecule has 0 saturated heterocycles. The lowest BCUT2D eigenvalue weighted by Crippen LogP contribution is -2.13. The average Bonchev–Trinajstić information content (AvgIpc) is 2.84. The van der Waals surface area contributed by atoms with Gasteiger partial charge in [0.1, 0.15) is 5.75 Å². The fraction of sp³-hybridized carbons (Fsp3) is 0.167. The summed E-state index contributed by atoms with van der Waals surface area (Å²) in [5.74, 6) is -3.40. The monoisotopic (exact) mass is 273 g/mol. The van der Waals surface area contributed by atoms with E-state index in [9.17, 15) is 13.2 Å². The third kappa shape index (κ3) is 2.21. The number of nitrogens with two attached hydrogens (primary N) is 1. The van der Waals surface area contributed by atoms with Gasteiger partial charge in [-0.25, -0.2) is 13.2 Å². The minimum Gasteiger partial charge on any atom is -0.496 e. The molecule has 1 aromatic heterocycles. The molecule has 0 radical (unpaired) electrons. The predicted molar refractivity (Wildman–Crippen MR) is 63.2 cm³/mol. The van der Waals surface area contributed by atoms with Crippen molar-refractivity contribution in [2.24, 2.45) is 5.73 Å². The fourth-order valence-electron chi connectivity index (χ4n) is 1.54. The molecule has 18 heavy (non-hydrogen) atoms. The second-order valence-corrected chi connectivity index (χ2v) is 4.57. The molecular formula is C12H10F3NOS. The van der Waals surface area contributed by atoms with Crippen molar-refractivity contribution < 1.29 is 17.9 Å². The Kier molecular flexibility index (Phi) is 3.58. The van der Waals surface area contributed by atoms with Gasteiger partial charge >= 0.3 is 0 Å². The summed E-state index contributed by atoms with van der Waals surface area (Å²) in [7, 11) is 1.50. The summed E-state index contributed by atoms with van der Waals surface area (Å²) in [5, 5.41) is 1.70. The Hall–Kier alpha value is -1.53. The van der Waals surface area contributed by atoms with Gasteiger partial charge in [0.2, 0.25) is 0 Å². The number of ether oxygens (including phenoxy) is 1. The summed E-state index contributed by atoms with van der Waals surface area (Å²) in [6.45, 7) is 0. The SMILES string of the molecule is COc1csc(C(N)c2ccc(F)c(F)c2F)c1. The Labute approximate surface area is 106 Å². The lowest BCUT2D eigenvalue weighted by Gasteiger charge is -2.11. The van der Waals surface area contributed by atoms with E-state index in [0.29, 0.717) is 10.6 Å². The van der Waals surface area contributed by atoms with E-state index < -0.39 is 23.5 Å². The summed E-state index contributed by atoms with van der Waals surface area (Å²) in [4.78, 5) is 0.608. The molecule has 0 bridgehead atoms. The molecule has 2 rings (SSSR count). The molecule has 0 fully saturated rings. The zero-order chi connectivity index (χ0) is 13.3. The highest BCUT2D eigenvalue weighted by Crippen LogP contribution is 2.31. The molecule has 1 aromatic carbocycles. The third-order valence-corrected chi connectivity index (χ3v) is 3.53. The topological polar surface area (TPSA) is 35.2 Å². The molecule has 0 aliphatic rings. The molecule has 1 unspecified atom stereocenters. The summed E-state index contributed by atoms with van der Waals surface area (Å²) in [5.41, 5.74) is 5.75. The Morgan fingerprint density at radius 3 is 2.56 bits per heavy atom. The third-order valence-electron chi connectivity index (χ3n) is 2.54. The zero-order valence-corrected chi connectivity index (χ0v) is 10.2. The van der Waals surface area contributed by atoms with Crippen LogP contribution in [0.5, 0.6) is 5.75 Å². The summed E-state index contributed by atoms with van der Waals surface area (Å²) in [6, 6.07) is 2.79. The van der Waals surface area contributed by atoms with Crippen LogP contribution in [0.2, 0.25) is 0 Å². The molecule has 2 N–H and O–H groups in total. The number of methoxy groups -OCH3 is 1. The van der Waals surface area contributed by atoms with Crippen molar-refractivity contribution in [2.75, 3.05) is 7.11 Å². The number of thiophene rings is 1. The Morgan fingerprint density at radius 2 is 1.94 bits per heavy atom.